The maximum Gasteiger partial charge on any atom is 0.303 e. The van der Waals surface area contributed by atoms with Gasteiger partial charge in [0.1, 0.15) is 0 Å². The minimum Gasteiger partial charge on any atom is -0.481 e. The SMILES string of the molecule is CCCOCCN1CCC(CC(=O)O)C1. The lowest BCUT2D eigenvalue weighted by atomic mass is 10.1. The molecule has 1 N–H and O–H groups in total. The Hall–Kier alpha value is -0.610. The van der Waals surface area contributed by atoms with Crippen LogP contribution in [0, 0.1) is 5.92 Å². The molecule has 0 radical (unpaired) electrons. The maximum absolute atomic E-state index is 10.5. The fraction of sp³-hybridized carbons (Fsp3) is 0.909. The van der Waals surface area contributed by atoms with Gasteiger partial charge in [-0.05, 0) is 25.3 Å². The number of carbonyl (C=O) groups is 1. The van der Waals surface area contributed by atoms with Crippen LogP contribution in [0.2, 0.25) is 0 Å². The Morgan fingerprint density at radius 2 is 2.33 bits per heavy atom. The molecule has 88 valence electrons. The molecule has 0 amide bonds. The number of rotatable bonds is 7. The predicted molar refractivity (Wildman–Crippen MR) is 57.9 cm³/mol. The summed E-state index contributed by atoms with van der Waals surface area (Å²) in [6, 6.07) is 0. The van der Waals surface area contributed by atoms with Crippen LogP contribution in [0.3, 0.4) is 0 Å². The molecule has 0 bridgehead atoms. The normalized spacial score (nSPS) is 22.1. The van der Waals surface area contributed by atoms with Crippen LogP contribution in [-0.2, 0) is 9.53 Å². The van der Waals surface area contributed by atoms with Crippen LogP contribution < -0.4 is 0 Å². The predicted octanol–water partition coefficient (Wildman–Crippen LogP) is 1.21. The Morgan fingerprint density at radius 3 is 3.00 bits per heavy atom. The minimum atomic E-state index is -0.677. The van der Waals surface area contributed by atoms with E-state index in [0.717, 1.165) is 45.7 Å². The zero-order valence-electron chi connectivity index (χ0n) is 9.45. The smallest absolute Gasteiger partial charge is 0.303 e. The van der Waals surface area contributed by atoms with Crippen molar-refractivity contribution in [3.05, 3.63) is 0 Å². The van der Waals surface area contributed by atoms with Crippen molar-refractivity contribution in [3.63, 3.8) is 0 Å². The van der Waals surface area contributed by atoms with Crippen molar-refractivity contribution >= 4 is 5.97 Å². The highest BCUT2D eigenvalue weighted by Crippen LogP contribution is 2.18. The average molecular weight is 215 g/mol. The van der Waals surface area contributed by atoms with E-state index in [9.17, 15) is 4.79 Å². The lowest BCUT2D eigenvalue weighted by Gasteiger charge is -2.15. The van der Waals surface area contributed by atoms with Gasteiger partial charge in [0.15, 0.2) is 0 Å². The zero-order valence-corrected chi connectivity index (χ0v) is 9.45. The van der Waals surface area contributed by atoms with Gasteiger partial charge in [-0.3, -0.25) is 4.79 Å². The van der Waals surface area contributed by atoms with Gasteiger partial charge in [0.25, 0.3) is 0 Å². The molecule has 1 aliphatic heterocycles. The van der Waals surface area contributed by atoms with E-state index in [1.807, 2.05) is 0 Å². The van der Waals surface area contributed by atoms with E-state index in [-0.39, 0.29) is 0 Å². The van der Waals surface area contributed by atoms with Crippen LogP contribution in [0.25, 0.3) is 0 Å². The number of hydrogen-bond acceptors (Lipinski definition) is 3. The molecule has 4 heteroatoms. The summed E-state index contributed by atoms with van der Waals surface area (Å²) in [5.74, 6) is -0.335. The second-order valence-electron chi connectivity index (χ2n) is 4.17. The topological polar surface area (TPSA) is 49.8 Å². The maximum atomic E-state index is 10.5. The van der Waals surface area contributed by atoms with Crippen LogP contribution in [0.5, 0.6) is 0 Å². The first-order valence-electron chi connectivity index (χ1n) is 5.74. The third-order valence-corrected chi connectivity index (χ3v) is 2.73. The molecule has 1 saturated heterocycles. The van der Waals surface area contributed by atoms with E-state index >= 15 is 0 Å². The number of aliphatic carboxylic acids is 1. The molecular weight excluding hydrogens is 194 g/mol. The Bertz CT molecular complexity index is 196. The highest BCUT2D eigenvalue weighted by molar-refractivity contribution is 5.67. The molecule has 15 heavy (non-hydrogen) atoms. The molecule has 0 aromatic heterocycles. The lowest BCUT2D eigenvalue weighted by Crippen LogP contribution is -2.25. The summed E-state index contributed by atoms with van der Waals surface area (Å²) >= 11 is 0. The van der Waals surface area contributed by atoms with Crippen molar-refractivity contribution in [2.45, 2.75) is 26.2 Å². The highest BCUT2D eigenvalue weighted by atomic mass is 16.5. The van der Waals surface area contributed by atoms with Gasteiger partial charge in [-0.2, -0.15) is 0 Å². The summed E-state index contributed by atoms with van der Waals surface area (Å²) in [5, 5.41) is 8.66. The van der Waals surface area contributed by atoms with Gasteiger partial charge in [0.05, 0.1) is 6.61 Å². The third kappa shape index (κ3) is 5.14. The average Bonchev–Trinajstić information content (AvgIpc) is 2.59. The fourth-order valence-corrected chi connectivity index (χ4v) is 1.97. The van der Waals surface area contributed by atoms with Crippen molar-refractivity contribution in [3.8, 4) is 0 Å². The Labute approximate surface area is 91.2 Å². The summed E-state index contributed by atoms with van der Waals surface area (Å²) < 4.78 is 5.40. The van der Waals surface area contributed by atoms with Crippen molar-refractivity contribution < 1.29 is 14.6 Å². The first kappa shape index (κ1) is 12.5. The summed E-state index contributed by atoms with van der Waals surface area (Å²) in [6.45, 7) is 6.57. The number of likely N-dealkylation sites (tertiary alicyclic amines) is 1. The van der Waals surface area contributed by atoms with E-state index < -0.39 is 5.97 Å². The lowest BCUT2D eigenvalue weighted by molar-refractivity contribution is -0.138. The van der Waals surface area contributed by atoms with Gasteiger partial charge in [-0.15, -0.1) is 0 Å². The van der Waals surface area contributed by atoms with Crippen LogP contribution >= 0.6 is 0 Å². The van der Waals surface area contributed by atoms with Crippen LogP contribution in [0.4, 0.5) is 0 Å². The number of carboxylic acids is 1. The van der Waals surface area contributed by atoms with E-state index in [1.165, 1.54) is 0 Å². The largest absolute Gasteiger partial charge is 0.481 e. The second-order valence-corrected chi connectivity index (χ2v) is 4.17. The molecule has 0 saturated carbocycles. The van der Waals surface area contributed by atoms with Crippen LogP contribution in [-0.4, -0.2) is 48.8 Å². The Balaban J connectivity index is 2.05. The molecule has 0 aliphatic carbocycles. The third-order valence-electron chi connectivity index (χ3n) is 2.73. The van der Waals surface area contributed by atoms with Gasteiger partial charge in [-0.25, -0.2) is 0 Å². The summed E-state index contributed by atoms with van der Waals surface area (Å²) in [4.78, 5) is 12.8. The first-order valence-corrected chi connectivity index (χ1v) is 5.74. The minimum absolute atomic E-state index is 0.312. The molecule has 0 spiro atoms. The van der Waals surface area contributed by atoms with Crippen molar-refractivity contribution in [1.29, 1.82) is 0 Å². The molecule has 1 atom stereocenters. The summed E-state index contributed by atoms with van der Waals surface area (Å²) in [6.07, 6.45) is 2.38. The standard InChI is InChI=1S/C11H21NO3/c1-2-6-15-7-5-12-4-3-10(9-12)8-11(13)14/h10H,2-9H2,1H3,(H,13,14). The Kier molecular flexibility index (Phi) is 5.65. The number of hydrogen-bond donors (Lipinski definition) is 1. The Morgan fingerprint density at radius 1 is 1.53 bits per heavy atom. The summed E-state index contributed by atoms with van der Waals surface area (Å²) in [5.41, 5.74) is 0. The zero-order chi connectivity index (χ0) is 11.1. The number of nitrogens with zero attached hydrogens (tertiary/aromatic N) is 1. The van der Waals surface area contributed by atoms with Crippen molar-refractivity contribution in [2.75, 3.05) is 32.8 Å². The molecular formula is C11H21NO3. The van der Waals surface area contributed by atoms with Crippen LogP contribution in [0.15, 0.2) is 0 Å². The molecule has 0 aromatic carbocycles. The van der Waals surface area contributed by atoms with Gasteiger partial charge < -0.3 is 14.7 Å². The van der Waals surface area contributed by atoms with Crippen molar-refractivity contribution in [2.24, 2.45) is 5.92 Å². The van der Waals surface area contributed by atoms with E-state index in [4.69, 9.17) is 9.84 Å². The van der Waals surface area contributed by atoms with E-state index in [1.54, 1.807) is 0 Å². The van der Waals surface area contributed by atoms with Crippen molar-refractivity contribution in [1.82, 2.24) is 4.90 Å². The monoisotopic (exact) mass is 215 g/mol. The molecule has 1 unspecified atom stereocenters. The van der Waals surface area contributed by atoms with E-state index in [2.05, 4.69) is 11.8 Å². The van der Waals surface area contributed by atoms with Gasteiger partial charge in [-0.1, -0.05) is 6.92 Å². The molecule has 1 heterocycles. The van der Waals surface area contributed by atoms with Gasteiger partial charge in [0, 0.05) is 26.1 Å². The molecule has 1 fully saturated rings. The highest BCUT2D eigenvalue weighted by Gasteiger charge is 2.23. The fourth-order valence-electron chi connectivity index (χ4n) is 1.97. The number of carboxylic acid groups (broad SMARTS) is 1. The molecule has 4 nitrogen and oxygen atoms in total. The quantitative estimate of drug-likeness (QED) is 0.648. The molecule has 1 aliphatic rings. The molecule has 1 rings (SSSR count). The van der Waals surface area contributed by atoms with E-state index in [0.29, 0.717) is 12.3 Å². The number of ether oxygens (including phenoxy) is 1. The van der Waals surface area contributed by atoms with Crippen LogP contribution in [0.1, 0.15) is 26.2 Å². The molecule has 0 aromatic rings. The van der Waals surface area contributed by atoms with Gasteiger partial charge >= 0.3 is 5.97 Å². The second kappa shape index (κ2) is 6.80. The first-order chi connectivity index (χ1) is 7.22. The summed E-state index contributed by atoms with van der Waals surface area (Å²) in [7, 11) is 0. The van der Waals surface area contributed by atoms with Gasteiger partial charge in [0.2, 0.25) is 0 Å².